The number of piperidine rings is 1. The molecule has 0 radical (unpaired) electrons. The Hall–Kier alpha value is -1.78. The van der Waals surface area contributed by atoms with Crippen LogP contribution in [0.2, 0.25) is 0 Å². The first-order chi connectivity index (χ1) is 8.65. The van der Waals surface area contributed by atoms with Gasteiger partial charge < -0.3 is 15.3 Å². The topological polar surface area (TPSA) is 65.5 Å². The molecule has 0 spiro atoms. The Bertz CT molecular complexity index is 414. The molecule has 0 unspecified atom stereocenters. The maximum Gasteiger partial charge on any atom is 0.404 e. The molecule has 1 aliphatic rings. The molecule has 2 rings (SSSR count). The summed E-state index contributed by atoms with van der Waals surface area (Å²) in [5, 5.41) is 11.0. The number of nitrogens with one attached hydrogen (secondary N) is 1. The van der Waals surface area contributed by atoms with Crippen LogP contribution < -0.4 is 10.2 Å². The van der Waals surface area contributed by atoms with Crippen molar-refractivity contribution in [3.63, 3.8) is 0 Å². The molecule has 1 aromatic heterocycles. The summed E-state index contributed by atoms with van der Waals surface area (Å²) < 4.78 is 0. The fourth-order valence-electron chi connectivity index (χ4n) is 2.35. The first kappa shape index (κ1) is 12.7. The summed E-state index contributed by atoms with van der Waals surface area (Å²) in [4.78, 5) is 17.0. The Labute approximate surface area is 107 Å². The van der Waals surface area contributed by atoms with E-state index < -0.39 is 6.09 Å². The second kappa shape index (κ2) is 5.71. The van der Waals surface area contributed by atoms with E-state index in [-0.39, 0.29) is 0 Å². The molecule has 0 atom stereocenters. The van der Waals surface area contributed by atoms with E-state index >= 15 is 0 Å². The Morgan fingerprint density at radius 1 is 1.56 bits per heavy atom. The molecule has 2 heterocycles. The molecule has 1 fully saturated rings. The summed E-state index contributed by atoms with van der Waals surface area (Å²) in [5.74, 6) is 0.459. The van der Waals surface area contributed by atoms with E-state index in [1.807, 2.05) is 19.2 Å². The first-order valence-electron chi connectivity index (χ1n) is 6.29. The molecule has 2 N–H and O–H groups in total. The van der Waals surface area contributed by atoms with Crippen molar-refractivity contribution in [2.24, 2.45) is 5.92 Å². The number of aromatic nitrogens is 1. The predicted octanol–water partition coefficient (Wildman–Crippen LogP) is 1.87. The highest BCUT2D eigenvalue weighted by atomic mass is 16.4. The number of rotatable bonds is 3. The third kappa shape index (κ3) is 3.35. The van der Waals surface area contributed by atoms with E-state index in [1.54, 1.807) is 0 Å². The van der Waals surface area contributed by atoms with Gasteiger partial charge in [-0.1, -0.05) is 0 Å². The summed E-state index contributed by atoms with van der Waals surface area (Å²) >= 11 is 0. The minimum Gasteiger partial charge on any atom is -0.465 e. The van der Waals surface area contributed by atoms with Crippen LogP contribution in [0.25, 0.3) is 0 Å². The van der Waals surface area contributed by atoms with Gasteiger partial charge in [0.05, 0.1) is 0 Å². The molecule has 98 valence electrons. The zero-order valence-electron chi connectivity index (χ0n) is 10.6. The van der Waals surface area contributed by atoms with Crippen molar-refractivity contribution >= 4 is 11.8 Å². The molecule has 0 saturated carbocycles. The maximum atomic E-state index is 10.4. The fourth-order valence-corrected chi connectivity index (χ4v) is 2.35. The third-order valence-corrected chi connectivity index (χ3v) is 3.40. The summed E-state index contributed by atoms with van der Waals surface area (Å²) in [6.07, 6.45) is 2.97. The molecule has 18 heavy (non-hydrogen) atoms. The Balaban J connectivity index is 1.85. The summed E-state index contributed by atoms with van der Waals surface area (Å²) in [7, 11) is 0. The third-order valence-electron chi connectivity index (χ3n) is 3.40. The van der Waals surface area contributed by atoms with Crippen LogP contribution >= 0.6 is 0 Å². The predicted molar refractivity (Wildman–Crippen MR) is 69.9 cm³/mol. The van der Waals surface area contributed by atoms with E-state index in [9.17, 15) is 4.79 Å². The second-order valence-electron chi connectivity index (χ2n) is 4.77. The van der Waals surface area contributed by atoms with Crippen molar-refractivity contribution < 1.29 is 9.90 Å². The summed E-state index contributed by atoms with van der Waals surface area (Å²) in [6.45, 7) is 4.52. The van der Waals surface area contributed by atoms with Crippen molar-refractivity contribution in [3.05, 3.63) is 24.0 Å². The lowest BCUT2D eigenvalue weighted by molar-refractivity contribution is 0.191. The molecule has 1 saturated heterocycles. The van der Waals surface area contributed by atoms with Crippen LogP contribution in [0.15, 0.2) is 18.3 Å². The van der Waals surface area contributed by atoms with E-state index in [0.717, 1.165) is 31.6 Å². The quantitative estimate of drug-likeness (QED) is 0.858. The average Bonchev–Trinajstić information content (AvgIpc) is 2.37. The van der Waals surface area contributed by atoms with Crippen molar-refractivity contribution in [1.82, 2.24) is 10.3 Å². The maximum absolute atomic E-state index is 10.4. The molecule has 0 aromatic carbocycles. The van der Waals surface area contributed by atoms with E-state index in [2.05, 4.69) is 21.3 Å². The highest BCUT2D eigenvalue weighted by Gasteiger charge is 2.19. The Morgan fingerprint density at radius 2 is 2.28 bits per heavy atom. The van der Waals surface area contributed by atoms with Crippen LogP contribution in [0.5, 0.6) is 0 Å². The Morgan fingerprint density at radius 3 is 2.89 bits per heavy atom. The zero-order valence-corrected chi connectivity index (χ0v) is 10.6. The normalized spacial score (nSPS) is 16.6. The molecule has 5 heteroatoms. The minimum absolute atomic E-state index is 0.459. The van der Waals surface area contributed by atoms with E-state index in [0.29, 0.717) is 12.5 Å². The van der Waals surface area contributed by atoms with Gasteiger partial charge in [0, 0.05) is 37.2 Å². The molecule has 0 aliphatic carbocycles. The van der Waals surface area contributed by atoms with Crippen LogP contribution in [0.4, 0.5) is 10.5 Å². The van der Waals surface area contributed by atoms with Crippen LogP contribution in [-0.4, -0.2) is 35.8 Å². The standard InChI is InChI=1S/C13H19N3O2/c1-10-8-12(2-5-14-10)16-6-3-11(4-7-16)9-15-13(17)18/h2,5,8,11,15H,3-4,6-7,9H2,1H3,(H,17,18). The summed E-state index contributed by atoms with van der Waals surface area (Å²) in [6, 6.07) is 4.12. The molecule has 0 bridgehead atoms. The monoisotopic (exact) mass is 249 g/mol. The Kier molecular flexibility index (Phi) is 4.02. The van der Waals surface area contributed by atoms with Gasteiger partial charge in [-0.3, -0.25) is 4.98 Å². The molecule has 1 amide bonds. The van der Waals surface area contributed by atoms with Gasteiger partial charge in [-0.2, -0.15) is 0 Å². The molecular formula is C13H19N3O2. The second-order valence-corrected chi connectivity index (χ2v) is 4.77. The molecule has 5 nitrogen and oxygen atoms in total. The van der Waals surface area contributed by atoms with Gasteiger partial charge in [-0.25, -0.2) is 4.79 Å². The number of amides is 1. The number of hydrogen-bond donors (Lipinski definition) is 2. The van der Waals surface area contributed by atoms with Crippen molar-refractivity contribution in [1.29, 1.82) is 0 Å². The number of anilines is 1. The number of carbonyl (C=O) groups is 1. The van der Waals surface area contributed by atoms with Crippen molar-refractivity contribution in [3.8, 4) is 0 Å². The fraction of sp³-hybridized carbons (Fsp3) is 0.538. The van der Waals surface area contributed by atoms with Crippen molar-refractivity contribution in [2.75, 3.05) is 24.5 Å². The average molecular weight is 249 g/mol. The summed E-state index contributed by atoms with van der Waals surface area (Å²) in [5.41, 5.74) is 2.24. The van der Waals surface area contributed by atoms with Gasteiger partial charge in [-0.05, 0) is 37.8 Å². The van der Waals surface area contributed by atoms with Crippen LogP contribution in [-0.2, 0) is 0 Å². The van der Waals surface area contributed by atoms with Crippen LogP contribution in [0, 0.1) is 12.8 Å². The van der Waals surface area contributed by atoms with Gasteiger partial charge in [0.2, 0.25) is 0 Å². The molecule has 1 aromatic rings. The molecule has 1 aliphatic heterocycles. The largest absolute Gasteiger partial charge is 0.465 e. The van der Waals surface area contributed by atoms with Crippen molar-refractivity contribution in [2.45, 2.75) is 19.8 Å². The van der Waals surface area contributed by atoms with Gasteiger partial charge in [0.25, 0.3) is 0 Å². The number of carboxylic acid groups (broad SMARTS) is 1. The lowest BCUT2D eigenvalue weighted by Crippen LogP contribution is -2.38. The van der Waals surface area contributed by atoms with E-state index in [4.69, 9.17) is 5.11 Å². The van der Waals surface area contributed by atoms with Crippen LogP contribution in [0.1, 0.15) is 18.5 Å². The van der Waals surface area contributed by atoms with Crippen LogP contribution in [0.3, 0.4) is 0 Å². The highest BCUT2D eigenvalue weighted by Crippen LogP contribution is 2.22. The van der Waals surface area contributed by atoms with E-state index in [1.165, 1.54) is 5.69 Å². The number of pyridine rings is 1. The number of aryl methyl sites for hydroxylation is 1. The number of hydrogen-bond acceptors (Lipinski definition) is 3. The van der Waals surface area contributed by atoms with Gasteiger partial charge in [-0.15, -0.1) is 0 Å². The first-order valence-corrected chi connectivity index (χ1v) is 6.29. The molecular weight excluding hydrogens is 230 g/mol. The smallest absolute Gasteiger partial charge is 0.404 e. The van der Waals surface area contributed by atoms with Gasteiger partial charge >= 0.3 is 6.09 Å². The SMILES string of the molecule is Cc1cc(N2CCC(CNC(=O)O)CC2)ccn1. The lowest BCUT2D eigenvalue weighted by atomic mass is 9.96. The van der Waals surface area contributed by atoms with Gasteiger partial charge in [0.15, 0.2) is 0 Å². The zero-order chi connectivity index (χ0) is 13.0. The van der Waals surface area contributed by atoms with Gasteiger partial charge in [0.1, 0.15) is 0 Å². The number of nitrogens with zero attached hydrogens (tertiary/aromatic N) is 2. The minimum atomic E-state index is -0.929. The lowest BCUT2D eigenvalue weighted by Gasteiger charge is -2.33. The highest BCUT2D eigenvalue weighted by molar-refractivity contribution is 5.64.